The molecule has 1 heterocycles. The number of methoxy groups -OCH3 is 1. The van der Waals surface area contributed by atoms with Crippen molar-refractivity contribution in [3.63, 3.8) is 0 Å². The number of hydrogen-bond acceptors (Lipinski definition) is 5. The maximum atomic E-state index is 12.8. The lowest BCUT2D eigenvalue weighted by Gasteiger charge is -2.09. The van der Waals surface area contributed by atoms with Crippen LogP contribution in [0.3, 0.4) is 0 Å². The summed E-state index contributed by atoms with van der Waals surface area (Å²) in [5, 5.41) is 5.90. The molecule has 1 aromatic heterocycles. The van der Waals surface area contributed by atoms with Crippen LogP contribution in [0.2, 0.25) is 0 Å². The second-order valence-electron chi connectivity index (χ2n) is 6.81. The molecular formula is C23H22N2O4S. The van der Waals surface area contributed by atoms with Gasteiger partial charge < -0.3 is 15.4 Å². The van der Waals surface area contributed by atoms with E-state index in [0.717, 1.165) is 21.6 Å². The van der Waals surface area contributed by atoms with E-state index in [-0.39, 0.29) is 11.8 Å². The summed E-state index contributed by atoms with van der Waals surface area (Å²) in [6, 6.07) is 14.4. The van der Waals surface area contributed by atoms with Gasteiger partial charge in [-0.2, -0.15) is 0 Å². The van der Waals surface area contributed by atoms with Crippen molar-refractivity contribution >= 4 is 39.8 Å². The molecule has 30 heavy (non-hydrogen) atoms. The minimum Gasteiger partial charge on any atom is -0.465 e. The average Bonchev–Trinajstić information content (AvgIpc) is 3.03. The summed E-state index contributed by atoms with van der Waals surface area (Å²) in [4.78, 5) is 37.6. The summed E-state index contributed by atoms with van der Waals surface area (Å²) in [7, 11) is 1.32. The standard InChI is InChI=1S/C23H22N2O4S/c1-13-8-10-16(11-9-13)19-14(2)30-22(20(19)23(28)29-4)25-21(27)17-6-5-7-18(12-17)24-15(3)26/h5-12H,1-4H3,(H,24,26)(H,25,27). The molecule has 3 rings (SSSR count). The topological polar surface area (TPSA) is 84.5 Å². The van der Waals surface area contributed by atoms with Crippen molar-refractivity contribution in [3.8, 4) is 11.1 Å². The van der Waals surface area contributed by atoms with E-state index in [1.165, 1.54) is 25.4 Å². The molecule has 0 aliphatic heterocycles. The number of carbonyl (C=O) groups is 3. The zero-order valence-electron chi connectivity index (χ0n) is 17.2. The monoisotopic (exact) mass is 422 g/mol. The van der Waals surface area contributed by atoms with Crippen molar-refractivity contribution < 1.29 is 19.1 Å². The van der Waals surface area contributed by atoms with Crippen LogP contribution in [0, 0.1) is 13.8 Å². The third-order valence-electron chi connectivity index (χ3n) is 4.49. The van der Waals surface area contributed by atoms with Gasteiger partial charge in [-0.25, -0.2) is 4.79 Å². The smallest absolute Gasteiger partial charge is 0.341 e. The van der Waals surface area contributed by atoms with Gasteiger partial charge in [-0.3, -0.25) is 9.59 Å². The van der Waals surface area contributed by atoms with E-state index < -0.39 is 5.97 Å². The summed E-state index contributed by atoms with van der Waals surface area (Å²) >= 11 is 1.32. The zero-order chi connectivity index (χ0) is 21.8. The lowest BCUT2D eigenvalue weighted by molar-refractivity contribution is -0.114. The lowest BCUT2D eigenvalue weighted by atomic mass is 10.0. The van der Waals surface area contributed by atoms with Crippen LogP contribution in [0.4, 0.5) is 10.7 Å². The summed E-state index contributed by atoms with van der Waals surface area (Å²) in [6.45, 7) is 5.29. The van der Waals surface area contributed by atoms with Crippen molar-refractivity contribution in [2.75, 3.05) is 17.7 Å². The molecule has 0 bridgehead atoms. The van der Waals surface area contributed by atoms with Gasteiger partial charge in [-0.05, 0) is 37.6 Å². The van der Waals surface area contributed by atoms with E-state index in [0.29, 0.717) is 21.8 Å². The molecule has 0 unspecified atom stereocenters. The van der Waals surface area contributed by atoms with Crippen LogP contribution in [0.25, 0.3) is 11.1 Å². The molecule has 0 radical (unpaired) electrons. The second kappa shape index (κ2) is 8.92. The molecule has 0 saturated heterocycles. The van der Waals surface area contributed by atoms with Crippen LogP contribution in [0.5, 0.6) is 0 Å². The van der Waals surface area contributed by atoms with E-state index in [1.54, 1.807) is 24.3 Å². The first kappa shape index (κ1) is 21.3. The molecule has 2 N–H and O–H groups in total. The van der Waals surface area contributed by atoms with Crippen molar-refractivity contribution in [2.45, 2.75) is 20.8 Å². The molecule has 0 fully saturated rings. The van der Waals surface area contributed by atoms with Gasteiger partial charge in [0.15, 0.2) is 0 Å². The number of carbonyl (C=O) groups excluding carboxylic acids is 3. The number of ether oxygens (including phenoxy) is 1. The van der Waals surface area contributed by atoms with Crippen molar-refractivity contribution in [3.05, 3.63) is 70.1 Å². The average molecular weight is 423 g/mol. The number of amides is 2. The second-order valence-corrected chi connectivity index (χ2v) is 8.04. The predicted molar refractivity (Wildman–Crippen MR) is 119 cm³/mol. The number of thiophene rings is 1. The van der Waals surface area contributed by atoms with Crippen molar-refractivity contribution in [1.82, 2.24) is 0 Å². The van der Waals surface area contributed by atoms with Gasteiger partial charge in [0.25, 0.3) is 5.91 Å². The molecule has 0 saturated carbocycles. The normalized spacial score (nSPS) is 10.4. The molecule has 0 atom stereocenters. The minimum absolute atomic E-state index is 0.225. The number of aryl methyl sites for hydroxylation is 2. The van der Waals surface area contributed by atoms with Crippen LogP contribution < -0.4 is 10.6 Å². The molecule has 0 aliphatic carbocycles. The Hall–Kier alpha value is -3.45. The molecule has 0 aliphatic rings. The molecule has 0 spiro atoms. The predicted octanol–water partition coefficient (Wildman–Crippen LogP) is 5.03. The van der Waals surface area contributed by atoms with Gasteiger partial charge >= 0.3 is 5.97 Å². The Morgan fingerprint density at radius 3 is 2.30 bits per heavy atom. The number of anilines is 2. The number of hydrogen-bond donors (Lipinski definition) is 2. The van der Waals surface area contributed by atoms with Crippen LogP contribution in [0.15, 0.2) is 48.5 Å². The Kier molecular flexibility index (Phi) is 6.32. The first-order valence-electron chi connectivity index (χ1n) is 9.28. The quantitative estimate of drug-likeness (QED) is 0.565. The molecule has 7 heteroatoms. The Labute approximate surface area is 178 Å². The lowest BCUT2D eigenvalue weighted by Crippen LogP contribution is -2.15. The summed E-state index contributed by atoms with van der Waals surface area (Å²) in [6.07, 6.45) is 0. The largest absolute Gasteiger partial charge is 0.465 e. The summed E-state index contributed by atoms with van der Waals surface area (Å²) < 4.78 is 5.00. The van der Waals surface area contributed by atoms with E-state index in [4.69, 9.17) is 4.74 Å². The third kappa shape index (κ3) is 4.58. The highest BCUT2D eigenvalue weighted by Crippen LogP contribution is 2.40. The SMILES string of the molecule is COC(=O)c1c(NC(=O)c2cccc(NC(C)=O)c2)sc(C)c1-c1ccc(C)cc1. The molecule has 6 nitrogen and oxygen atoms in total. The van der Waals surface area contributed by atoms with E-state index in [1.807, 2.05) is 38.1 Å². The van der Waals surface area contributed by atoms with Crippen molar-refractivity contribution in [1.29, 1.82) is 0 Å². The molecule has 2 aromatic carbocycles. The van der Waals surface area contributed by atoms with Crippen LogP contribution in [0.1, 0.15) is 38.1 Å². The number of nitrogens with one attached hydrogen (secondary N) is 2. The highest BCUT2D eigenvalue weighted by Gasteiger charge is 2.25. The highest BCUT2D eigenvalue weighted by atomic mass is 32.1. The van der Waals surface area contributed by atoms with Crippen molar-refractivity contribution in [2.24, 2.45) is 0 Å². The number of esters is 1. The van der Waals surface area contributed by atoms with E-state index >= 15 is 0 Å². The Bertz CT molecular complexity index is 1120. The molecule has 2 amide bonds. The summed E-state index contributed by atoms with van der Waals surface area (Å²) in [5.41, 5.74) is 3.94. The van der Waals surface area contributed by atoms with Gasteiger partial charge in [0.2, 0.25) is 5.91 Å². The number of rotatable bonds is 5. The maximum absolute atomic E-state index is 12.8. The first-order chi connectivity index (χ1) is 14.3. The fourth-order valence-corrected chi connectivity index (χ4v) is 4.17. The Morgan fingerprint density at radius 1 is 0.967 bits per heavy atom. The van der Waals surface area contributed by atoms with Gasteiger partial charge in [0.05, 0.1) is 7.11 Å². The first-order valence-corrected chi connectivity index (χ1v) is 10.1. The van der Waals surface area contributed by atoms with Gasteiger partial charge in [-0.1, -0.05) is 35.9 Å². The maximum Gasteiger partial charge on any atom is 0.341 e. The fraction of sp³-hybridized carbons (Fsp3) is 0.174. The minimum atomic E-state index is -0.516. The third-order valence-corrected chi connectivity index (χ3v) is 5.51. The van der Waals surface area contributed by atoms with E-state index in [9.17, 15) is 14.4 Å². The van der Waals surface area contributed by atoms with Gasteiger partial charge in [0.1, 0.15) is 10.6 Å². The zero-order valence-corrected chi connectivity index (χ0v) is 18.0. The molecular weight excluding hydrogens is 400 g/mol. The Morgan fingerprint density at radius 2 is 1.67 bits per heavy atom. The summed E-state index contributed by atoms with van der Waals surface area (Å²) in [5.74, 6) is -1.13. The number of benzene rings is 2. The van der Waals surface area contributed by atoms with E-state index in [2.05, 4.69) is 10.6 Å². The van der Waals surface area contributed by atoms with Crippen LogP contribution in [-0.2, 0) is 9.53 Å². The Balaban J connectivity index is 1.99. The van der Waals surface area contributed by atoms with Gasteiger partial charge in [0, 0.05) is 28.6 Å². The molecule has 154 valence electrons. The molecule has 3 aromatic rings. The highest BCUT2D eigenvalue weighted by molar-refractivity contribution is 7.17. The fourth-order valence-electron chi connectivity index (χ4n) is 3.11. The van der Waals surface area contributed by atoms with Gasteiger partial charge in [-0.15, -0.1) is 11.3 Å². The van der Waals surface area contributed by atoms with Crippen LogP contribution in [-0.4, -0.2) is 24.9 Å². The van der Waals surface area contributed by atoms with Crippen LogP contribution >= 0.6 is 11.3 Å².